The van der Waals surface area contributed by atoms with E-state index < -0.39 is 15.9 Å². The molecule has 3 heterocycles. The Hall–Kier alpha value is -2.30. The molecule has 1 unspecified atom stereocenters. The lowest BCUT2D eigenvalue weighted by atomic mass is 9.98. The number of piperidine rings is 1. The van der Waals surface area contributed by atoms with Crippen molar-refractivity contribution in [3.05, 3.63) is 34.7 Å². The molecule has 29 heavy (non-hydrogen) atoms. The maximum Gasteiger partial charge on any atom is 0.248 e. The molecule has 1 N–H and O–H groups in total. The van der Waals surface area contributed by atoms with Crippen molar-refractivity contribution < 1.29 is 17.7 Å². The Kier molecular flexibility index (Phi) is 5.18. The molecule has 4 rings (SSSR count). The van der Waals surface area contributed by atoms with E-state index in [0.717, 1.165) is 15.2 Å². The van der Waals surface area contributed by atoms with Crippen LogP contribution in [0, 0.1) is 26.7 Å². The number of anilines is 1. The third kappa shape index (κ3) is 3.79. The van der Waals surface area contributed by atoms with E-state index >= 15 is 0 Å². The quantitative estimate of drug-likeness (QED) is 0.676. The molecule has 154 valence electrons. The molecule has 2 aromatic heterocycles. The minimum absolute atomic E-state index is 0.101. The van der Waals surface area contributed by atoms with Crippen LogP contribution < -0.4 is 5.32 Å². The second-order valence-electron chi connectivity index (χ2n) is 7.26. The van der Waals surface area contributed by atoms with Gasteiger partial charge in [0.15, 0.2) is 5.76 Å². The van der Waals surface area contributed by atoms with Gasteiger partial charge in [0.25, 0.3) is 0 Å². The highest BCUT2D eigenvalue weighted by Crippen LogP contribution is 2.29. The summed E-state index contributed by atoms with van der Waals surface area (Å²) in [6.45, 7) is 5.65. The number of amides is 1. The third-order valence-electron chi connectivity index (χ3n) is 5.08. The number of aryl methyl sites for hydroxylation is 3. The van der Waals surface area contributed by atoms with E-state index in [-0.39, 0.29) is 23.1 Å². The van der Waals surface area contributed by atoms with Crippen molar-refractivity contribution >= 4 is 43.2 Å². The molecule has 0 saturated carbocycles. The highest BCUT2D eigenvalue weighted by molar-refractivity contribution is 7.89. The van der Waals surface area contributed by atoms with E-state index in [0.29, 0.717) is 30.8 Å². The third-order valence-corrected chi connectivity index (χ3v) is 8.13. The maximum absolute atomic E-state index is 13.1. The molecular weight excluding hydrogens is 412 g/mol. The Morgan fingerprint density at radius 3 is 2.83 bits per heavy atom. The van der Waals surface area contributed by atoms with Crippen LogP contribution in [0.2, 0.25) is 0 Å². The van der Waals surface area contributed by atoms with Crippen LogP contribution in [0.3, 0.4) is 0 Å². The molecule has 1 amide bonds. The van der Waals surface area contributed by atoms with E-state index in [2.05, 4.69) is 15.5 Å². The minimum Gasteiger partial charge on any atom is -0.360 e. The van der Waals surface area contributed by atoms with Crippen molar-refractivity contribution in [2.24, 2.45) is 5.92 Å². The van der Waals surface area contributed by atoms with Crippen molar-refractivity contribution in [1.82, 2.24) is 14.4 Å². The highest BCUT2D eigenvalue weighted by Gasteiger charge is 2.36. The summed E-state index contributed by atoms with van der Waals surface area (Å²) >= 11 is 1.57. The van der Waals surface area contributed by atoms with Crippen LogP contribution >= 0.6 is 11.3 Å². The van der Waals surface area contributed by atoms with Gasteiger partial charge in [-0.25, -0.2) is 13.4 Å². The average Bonchev–Trinajstić information content (AvgIpc) is 3.22. The van der Waals surface area contributed by atoms with Crippen molar-refractivity contribution in [3.63, 3.8) is 0 Å². The largest absolute Gasteiger partial charge is 0.360 e. The van der Waals surface area contributed by atoms with Crippen molar-refractivity contribution in [2.45, 2.75) is 38.5 Å². The number of hydrogen-bond acceptors (Lipinski definition) is 7. The first-order chi connectivity index (χ1) is 13.8. The molecule has 0 radical (unpaired) electrons. The van der Waals surface area contributed by atoms with Gasteiger partial charge >= 0.3 is 0 Å². The topological polar surface area (TPSA) is 105 Å². The second kappa shape index (κ2) is 7.51. The predicted octanol–water partition coefficient (Wildman–Crippen LogP) is 3.25. The number of carbonyl (C=O) groups is 1. The summed E-state index contributed by atoms with van der Waals surface area (Å²) in [4.78, 5) is 17.3. The van der Waals surface area contributed by atoms with Crippen LogP contribution in [0.5, 0.6) is 0 Å². The van der Waals surface area contributed by atoms with E-state index in [1.54, 1.807) is 25.2 Å². The van der Waals surface area contributed by atoms with Gasteiger partial charge in [-0.05, 0) is 51.8 Å². The van der Waals surface area contributed by atoms with Gasteiger partial charge in [-0.3, -0.25) is 4.79 Å². The first kappa shape index (κ1) is 20.0. The molecule has 1 aliphatic heterocycles. The van der Waals surface area contributed by atoms with E-state index in [1.165, 1.54) is 4.31 Å². The molecule has 1 aliphatic rings. The van der Waals surface area contributed by atoms with Crippen LogP contribution in [0.25, 0.3) is 10.2 Å². The first-order valence-electron chi connectivity index (χ1n) is 9.37. The number of carbonyl (C=O) groups excluding carboxylic acids is 1. The summed E-state index contributed by atoms with van der Waals surface area (Å²) in [7, 11) is -3.75. The zero-order valence-corrected chi connectivity index (χ0v) is 18.1. The fourth-order valence-electron chi connectivity index (χ4n) is 3.71. The first-order valence-corrected chi connectivity index (χ1v) is 11.6. The van der Waals surface area contributed by atoms with Crippen LogP contribution in [0.4, 0.5) is 5.69 Å². The molecular formula is C19H22N4O4S2. The Labute approximate surface area is 173 Å². The van der Waals surface area contributed by atoms with Gasteiger partial charge in [-0.1, -0.05) is 5.16 Å². The lowest BCUT2D eigenvalue weighted by molar-refractivity contribution is -0.120. The normalized spacial score (nSPS) is 18.2. The predicted molar refractivity (Wildman–Crippen MR) is 110 cm³/mol. The molecule has 1 fully saturated rings. The fourth-order valence-corrected chi connectivity index (χ4v) is 6.39. The smallest absolute Gasteiger partial charge is 0.248 e. The molecule has 1 saturated heterocycles. The molecule has 0 bridgehead atoms. The number of sulfonamides is 1. The number of benzene rings is 1. The molecule has 1 aromatic carbocycles. The van der Waals surface area contributed by atoms with E-state index in [1.807, 2.05) is 25.1 Å². The number of fused-ring (bicyclic) bond motifs is 1. The zero-order chi connectivity index (χ0) is 20.8. The average molecular weight is 435 g/mol. The van der Waals surface area contributed by atoms with Crippen molar-refractivity contribution in [2.75, 3.05) is 18.4 Å². The number of aromatic nitrogens is 2. The molecule has 0 spiro atoms. The second-order valence-corrected chi connectivity index (χ2v) is 10.4. The number of hydrogen-bond donors (Lipinski definition) is 1. The molecule has 8 nitrogen and oxygen atoms in total. The highest BCUT2D eigenvalue weighted by atomic mass is 32.2. The van der Waals surface area contributed by atoms with Crippen molar-refractivity contribution in [1.29, 1.82) is 0 Å². The SMILES string of the molecule is Cc1nc2ccc(NC(=O)C3CCCN(S(=O)(=O)c4c(C)noc4C)C3)cc2s1. The zero-order valence-electron chi connectivity index (χ0n) is 16.4. The summed E-state index contributed by atoms with van der Waals surface area (Å²) in [6.07, 6.45) is 1.26. The van der Waals surface area contributed by atoms with E-state index in [9.17, 15) is 13.2 Å². The molecule has 10 heteroatoms. The van der Waals surface area contributed by atoms with Crippen LogP contribution in [-0.4, -0.2) is 41.9 Å². The van der Waals surface area contributed by atoms with Crippen LogP contribution in [0.1, 0.15) is 29.3 Å². The van der Waals surface area contributed by atoms with Crippen LogP contribution in [0.15, 0.2) is 27.6 Å². The number of rotatable bonds is 4. The summed E-state index contributed by atoms with van der Waals surface area (Å²) in [5.41, 5.74) is 1.93. The minimum atomic E-state index is -3.75. The Morgan fingerprint density at radius 2 is 2.10 bits per heavy atom. The summed E-state index contributed by atoms with van der Waals surface area (Å²) in [6, 6.07) is 5.60. The van der Waals surface area contributed by atoms with Gasteiger partial charge in [-0.15, -0.1) is 11.3 Å². The lowest BCUT2D eigenvalue weighted by Crippen LogP contribution is -2.43. The number of nitrogens with zero attached hydrogens (tertiary/aromatic N) is 3. The van der Waals surface area contributed by atoms with Crippen molar-refractivity contribution in [3.8, 4) is 0 Å². The van der Waals surface area contributed by atoms with Crippen LogP contribution in [-0.2, 0) is 14.8 Å². The summed E-state index contributed by atoms with van der Waals surface area (Å²) < 4.78 is 33.5. The number of nitrogens with one attached hydrogen (secondary N) is 1. The fraction of sp³-hybridized carbons (Fsp3) is 0.421. The van der Waals surface area contributed by atoms with Gasteiger partial charge in [0.05, 0.1) is 21.1 Å². The Balaban J connectivity index is 1.50. The summed E-state index contributed by atoms with van der Waals surface area (Å²) in [5, 5.41) is 7.65. The maximum atomic E-state index is 13.1. The monoisotopic (exact) mass is 434 g/mol. The number of thiazole rings is 1. The Bertz CT molecular complexity index is 1160. The lowest BCUT2D eigenvalue weighted by Gasteiger charge is -2.31. The Morgan fingerprint density at radius 1 is 1.31 bits per heavy atom. The van der Waals surface area contributed by atoms with Gasteiger partial charge in [-0.2, -0.15) is 4.31 Å². The van der Waals surface area contributed by atoms with Gasteiger partial charge in [0.2, 0.25) is 15.9 Å². The van der Waals surface area contributed by atoms with E-state index in [4.69, 9.17) is 4.52 Å². The molecule has 1 atom stereocenters. The van der Waals surface area contributed by atoms with Gasteiger partial charge < -0.3 is 9.84 Å². The molecule has 0 aliphatic carbocycles. The summed E-state index contributed by atoms with van der Waals surface area (Å²) in [5.74, 6) is -0.329. The van der Waals surface area contributed by atoms with Gasteiger partial charge in [0.1, 0.15) is 10.6 Å². The molecule has 3 aromatic rings. The van der Waals surface area contributed by atoms with Gasteiger partial charge in [0, 0.05) is 18.8 Å². The standard InChI is InChI=1S/C19H22N4O4S2/c1-11-18(12(2)27-22-11)29(25,26)23-8-4-5-14(10-23)19(24)21-15-6-7-16-17(9-15)28-13(3)20-16/h6-7,9,14H,4-5,8,10H2,1-3H3,(H,21,24).